The molecule has 0 atom stereocenters. The SMILES string of the molecule is Cc1cc(Cl)cc(C(=O)Nc2nc(C)c(S(N)(=O)=O)s2)c1. The molecule has 1 aromatic carbocycles. The lowest BCUT2D eigenvalue weighted by Crippen LogP contribution is -2.12. The van der Waals surface area contributed by atoms with Crippen LogP contribution in [0.3, 0.4) is 0 Å². The number of hydrogen-bond acceptors (Lipinski definition) is 5. The summed E-state index contributed by atoms with van der Waals surface area (Å²) in [6.45, 7) is 3.32. The van der Waals surface area contributed by atoms with E-state index in [-0.39, 0.29) is 15.0 Å². The molecule has 1 heterocycles. The first-order valence-corrected chi connectivity index (χ1v) is 8.49. The number of aromatic nitrogens is 1. The Bertz CT molecular complexity index is 795. The maximum absolute atomic E-state index is 12.1. The van der Waals surface area contributed by atoms with Crippen molar-refractivity contribution in [2.45, 2.75) is 18.1 Å². The topological polar surface area (TPSA) is 102 Å². The minimum absolute atomic E-state index is 0.0694. The summed E-state index contributed by atoms with van der Waals surface area (Å²) in [7, 11) is -3.84. The average Bonchev–Trinajstić information content (AvgIpc) is 2.68. The molecule has 0 unspecified atom stereocenters. The van der Waals surface area contributed by atoms with Crippen molar-refractivity contribution < 1.29 is 13.2 Å². The number of benzene rings is 1. The van der Waals surface area contributed by atoms with Crippen LogP contribution < -0.4 is 10.5 Å². The Kier molecular flexibility index (Phi) is 4.33. The third-order valence-corrected chi connectivity index (χ3v) is 5.38. The predicted molar refractivity (Wildman–Crippen MR) is 82.4 cm³/mol. The molecule has 1 aromatic heterocycles. The number of carbonyl (C=O) groups is 1. The molecular formula is C12H12ClN3O3S2. The maximum atomic E-state index is 12.1. The number of amides is 1. The molecule has 0 aliphatic heterocycles. The van der Waals surface area contributed by atoms with E-state index in [9.17, 15) is 13.2 Å². The Morgan fingerprint density at radius 1 is 1.33 bits per heavy atom. The molecular weight excluding hydrogens is 334 g/mol. The van der Waals surface area contributed by atoms with Crippen molar-refractivity contribution in [2.75, 3.05) is 5.32 Å². The number of carbonyl (C=O) groups excluding carboxylic acids is 1. The largest absolute Gasteiger partial charge is 0.298 e. The van der Waals surface area contributed by atoms with Crippen LogP contribution >= 0.6 is 22.9 Å². The van der Waals surface area contributed by atoms with E-state index in [4.69, 9.17) is 16.7 Å². The molecule has 9 heteroatoms. The summed E-state index contributed by atoms with van der Waals surface area (Å²) in [5.74, 6) is -0.421. The number of primary sulfonamides is 1. The number of halogens is 1. The van der Waals surface area contributed by atoms with Crippen LogP contribution in [-0.4, -0.2) is 19.3 Å². The fourth-order valence-corrected chi connectivity index (χ4v) is 3.88. The summed E-state index contributed by atoms with van der Waals surface area (Å²) >= 11 is 6.71. The van der Waals surface area contributed by atoms with Gasteiger partial charge in [0.1, 0.15) is 0 Å². The highest BCUT2D eigenvalue weighted by atomic mass is 35.5. The molecule has 0 radical (unpaired) electrons. The molecule has 0 saturated carbocycles. The van der Waals surface area contributed by atoms with Crippen LogP contribution in [0.25, 0.3) is 0 Å². The van der Waals surface area contributed by atoms with Gasteiger partial charge in [0.15, 0.2) is 9.34 Å². The van der Waals surface area contributed by atoms with Crippen molar-refractivity contribution in [3.05, 3.63) is 40.0 Å². The summed E-state index contributed by atoms with van der Waals surface area (Å²) in [5.41, 5.74) is 1.46. The Balaban J connectivity index is 2.28. The minimum atomic E-state index is -3.84. The average molecular weight is 346 g/mol. The highest BCUT2D eigenvalue weighted by Crippen LogP contribution is 2.26. The third-order valence-electron chi connectivity index (χ3n) is 2.54. The molecule has 0 aliphatic rings. The van der Waals surface area contributed by atoms with Gasteiger partial charge in [-0.1, -0.05) is 22.9 Å². The zero-order valence-corrected chi connectivity index (χ0v) is 13.6. The van der Waals surface area contributed by atoms with E-state index in [2.05, 4.69) is 10.3 Å². The molecule has 0 spiro atoms. The smallest absolute Gasteiger partial charge is 0.257 e. The Hall–Kier alpha value is -1.48. The molecule has 0 bridgehead atoms. The Morgan fingerprint density at radius 2 is 2.00 bits per heavy atom. The summed E-state index contributed by atoms with van der Waals surface area (Å²) in [4.78, 5) is 16.1. The van der Waals surface area contributed by atoms with Crippen molar-refractivity contribution in [3.63, 3.8) is 0 Å². The summed E-state index contributed by atoms with van der Waals surface area (Å²) in [6.07, 6.45) is 0. The first-order valence-electron chi connectivity index (χ1n) is 5.75. The van der Waals surface area contributed by atoms with Gasteiger partial charge in [-0.05, 0) is 37.6 Å². The van der Waals surface area contributed by atoms with Crippen molar-refractivity contribution >= 4 is 44.0 Å². The molecule has 0 saturated heterocycles. The van der Waals surface area contributed by atoms with E-state index in [0.29, 0.717) is 10.6 Å². The highest BCUT2D eigenvalue weighted by molar-refractivity contribution is 7.91. The quantitative estimate of drug-likeness (QED) is 0.890. The molecule has 6 nitrogen and oxygen atoms in total. The molecule has 112 valence electrons. The van der Waals surface area contributed by atoms with Crippen LogP contribution in [0.2, 0.25) is 5.02 Å². The lowest BCUT2D eigenvalue weighted by molar-refractivity contribution is 0.102. The van der Waals surface area contributed by atoms with Crippen molar-refractivity contribution in [2.24, 2.45) is 5.14 Å². The Morgan fingerprint density at radius 3 is 2.52 bits per heavy atom. The van der Waals surface area contributed by atoms with Crippen LogP contribution in [0, 0.1) is 13.8 Å². The van der Waals surface area contributed by atoms with Crippen LogP contribution in [0.5, 0.6) is 0 Å². The standard InChI is InChI=1S/C12H12ClN3O3S2/c1-6-3-8(5-9(13)4-6)10(17)16-12-15-7(2)11(20-12)21(14,18)19/h3-5H,1-2H3,(H2,14,18,19)(H,15,16,17). The second kappa shape index (κ2) is 5.72. The number of anilines is 1. The van der Waals surface area contributed by atoms with E-state index in [1.54, 1.807) is 12.1 Å². The van der Waals surface area contributed by atoms with Crippen LogP contribution in [-0.2, 0) is 10.0 Å². The van der Waals surface area contributed by atoms with E-state index in [1.165, 1.54) is 13.0 Å². The van der Waals surface area contributed by atoms with Crippen LogP contribution in [0.15, 0.2) is 22.4 Å². The lowest BCUT2D eigenvalue weighted by atomic mass is 10.1. The van der Waals surface area contributed by atoms with Gasteiger partial charge in [-0.15, -0.1) is 0 Å². The predicted octanol–water partition coefficient (Wildman–Crippen LogP) is 2.31. The van der Waals surface area contributed by atoms with Gasteiger partial charge in [-0.25, -0.2) is 18.5 Å². The van der Waals surface area contributed by atoms with Gasteiger partial charge >= 0.3 is 0 Å². The molecule has 2 aromatic rings. The number of sulfonamides is 1. The van der Waals surface area contributed by atoms with E-state index in [0.717, 1.165) is 16.9 Å². The number of thiazole rings is 1. The molecule has 2 rings (SSSR count). The molecule has 3 N–H and O–H groups in total. The Labute approximate surface area is 131 Å². The van der Waals surface area contributed by atoms with Gasteiger partial charge in [-0.3, -0.25) is 10.1 Å². The van der Waals surface area contributed by atoms with Crippen molar-refractivity contribution in [1.82, 2.24) is 4.98 Å². The maximum Gasteiger partial charge on any atom is 0.257 e. The lowest BCUT2D eigenvalue weighted by Gasteiger charge is -2.03. The van der Waals surface area contributed by atoms with Crippen LogP contribution in [0.1, 0.15) is 21.6 Å². The van der Waals surface area contributed by atoms with E-state index < -0.39 is 15.9 Å². The monoisotopic (exact) mass is 345 g/mol. The fraction of sp³-hybridized carbons (Fsp3) is 0.167. The fourth-order valence-electron chi connectivity index (χ4n) is 1.74. The highest BCUT2D eigenvalue weighted by Gasteiger charge is 2.19. The summed E-state index contributed by atoms with van der Waals surface area (Å²) in [5, 5.41) is 8.21. The molecule has 0 fully saturated rings. The van der Waals surface area contributed by atoms with Gasteiger partial charge < -0.3 is 0 Å². The minimum Gasteiger partial charge on any atom is -0.298 e. The molecule has 1 amide bonds. The van der Waals surface area contributed by atoms with E-state index in [1.807, 2.05) is 6.92 Å². The van der Waals surface area contributed by atoms with Crippen molar-refractivity contribution in [3.8, 4) is 0 Å². The van der Waals surface area contributed by atoms with Gasteiger partial charge in [0.25, 0.3) is 5.91 Å². The first kappa shape index (κ1) is 15.9. The molecule has 21 heavy (non-hydrogen) atoms. The number of rotatable bonds is 3. The van der Waals surface area contributed by atoms with E-state index >= 15 is 0 Å². The molecule has 0 aliphatic carbocycles. The number of nitrogens with zero attached hydrogens (tertiary/aromatic N) is 1. The summed E-state index contributed by atoms with van der Waals surface area (Å²) < 4.78 is 22.6. The second-order valence-corrected chi connectivity index (χ2v) is 7.60. The number of aryl methyl sites for hydroxylation is 2. The number of hydrogen-bond donors (Lipinski definition) is 2. The zero-order chi connectivity index (χ0) is 15.8. The van der Waals surface area contributed by atoms with Gasteiger partial charge in [0, 0.05) is 10.6 Å². The first-order chi connectivity index (χ1) is 9.66. The van der Waals surface area contributed by atoms with Gasteiger partial charge in [0.05, 0.1) is 5.69 Å². The van der Waals surface area contributed by atoms with Crippen molar-refractivity contribution in [1.29, 1.82) is 0 Å². The van der Waals surface area contributed by atoms with Gasteiger partial charge in [-0.2, -0.15) is 0 Å². The summed E-state index contributed by atoms with van der Waals surface area (Å²) in [6, 6.07) is 4.91. The number of nitrogens with two attached hydrogens (primary N) is 1. The number of nitrogens with one attached hydrogen (secondary N) is 1. The van der Waals surface area contributed by atoms with Crippen LogP contribution in [0.4, 0.5) is 5.13 Å². The normalized spacial score (nSPS) is 11.4. The second-order valence-electron chi connectivity index (χ2n) is 4.41. The third kappa shape index (κ3) is 3.79. The zero-order valence-electron chi connectivity index (χ0n) is 11.2. The van der Waals surface area contributed by atoms with Gasteiger partial charge in [0.2, 0.25) is 10.0 Å².